The number of benzene rings is 1. The van der Waals surface area contributed by atoms with Crippen molar-refractivity contribution in [3.8, 4) is 0 Å². The molecule has 0 bridgehead atoms. The molecule has 2 atom stereocenters. The molecule has 114 valence electrons. The van der Waals surface area contributed by atoms with Crippen molar-refractivity contribution in [1.29, 1.82) is 0 Å². The van der Waals surface area contributed by atoms with Gasteiger partial charge in [-0.25, -0.2) is 9.07 Å². The van der Waals surface area contributed by atoms with Gasteiger partial charge in [-0.1, -0.05) is 19.1 Å². The van der Waals surface area contributed by atoms with Crippen LogP contribution in [0.15, 0.2) is 24.3 Å². The van der Waals surface area contributed by atoms with Crippen LogP contribution in [-0.4, -0.2) is 26.8 Å². The van der Waals surface area contributed by atoms with Gasteiger partial charge in [0.2, 0.25) is 0 Å². The number of nitrogens with zero attached hydrogens (tertiary/aromatic N) is 4. The van der Waals surface area contributed by atoms with Crippen LogP contribution in [0.1, 0.15) is 50.7 Å². The lowest BCUT2D eigenvalue weighted by Gasteiger charge is -2.17. The summed E-state index contributed by atoms with van der Waals surface area (Å²) in [5.74, 6) is 0.616. The van der Waals surface area contributed by atoms with Crippen LogP contribution in [0, 0.1) is 5.82 Å². The van der Waals surface area contributed by atoms with Crippen molar-refractivity contribution in [2.24, 2.45) is 0 Å². The Morgan fingerprint density at radius 3 is 2.62 bits per heavy atom. The van der Waals surface area contributed by atoms with E-state index >= 15 is 0 Å². The number of halogens is 1. The number of aromatic nitrogens is 4. The molecule has 1 aromatic heterocycles. The summed E-state index contributed by atoms with van der Waals surface area (Å²) in [6, 6.07) is 6.78. The largest absolute Gasteiger partial charge is 0.307 e. The van der Waals surface area contributed by atoms with E-state index < -0.39 is 0 Å². The van der Waals surface area contributed by atoms with Gasteiger partial charge in [0.15, 0.2) is 5.82 Å². The second-order valence-corrected chi connectivity index (χ2v) is 5.34. The van der Waals surface area contributed by atoms with Gasteiger partial charge in [0, 0.05) is 0 Å². The standard InChI is InChI=1S/C15H22FN5/c1-4-9-17-12(3)15-18-19-20-21(15)11(2)10-13-5-7-14(16)8-6-13/h5-8,11-12,17H,4,9-10H2,1-3H3. The van der Waals surface area contributed by atoms with Crippen molar-refractivity contribution >= 4 is 0 Å². The van der Waals surface area contributed by atoms with Gasteiger partial charge in [-0.2, -0.15) is 0 Å². The molecule has 1 heterocycles. The molecule has 2 unspecified atom stereocenters. The molecule has 0 saturated carbocycles. The van der Waals surface area contributed by atoms with Gasteiger partial charge in [0.25, 0.3) is 0 Å². The minimum Gasteiger partial charge on any atom is -0.307 e. The summed E-state index contributed by atoms with van der Waals surface area (Å²) in [6.45, 7) is 7.18. The summed E-state index contributed by atoms with van der Waals surface area (Å²) in [7, 11) is 0. The molecule has 0 aliphatic rings. The highest BCUT2D eigenvalue weighted by atomic mass is 19.1. The molecule has 0 saturated heterocycles. The number of nitrogens with one attached hydrogen (secondary N) is 1. The fraction of sp³-hybridized carbons (Fsp3) is 0.533. The first kappa shape index (κ1) is 15.6. The van der Waals surface area contributed by atoms with Gasteiger partial charge in [-0.15, -0.1) is 5.10 Å². The lowest BCUT2D eigenvalue weighted by Crippen LogP contribution is -2.24. The zero-order valence-electron chi connectivity index (χ0n) is 12.8. The number of hydrogen-bond acceptors (Lipinski definition) is 4. The third kappa shape index (κ3) is 4.07. The van der Waals surface area contributed by atoms with Crippen LogP contribution in [0.3, 0.4) is 0 Å². The van der Waals surface area contributed by atoms with E-state index in [2.05, 4.69) is 41.6 Å². The topological polar surface area (TPSA) is 55.6 Å². The quantitative estimate of drug-likeness (QED) is 0.852. The van der Waals surface area contributed by atoms with Gasteiger partial charge in [-0.3, -0.25) is 0 Å². The summed E-state index contributed by atoms with van der Waals surface area (Å²) in [5, 5.41) is 15.4. The van der Waals surface area contributed by atoms with Crippen LogP contribution < -0.4 is 5.32 Å². The highest BCUT2D eigenvalue weighted by molar-refractivity contribution is 5.17. The SMILES string of the molecule is CCCNC(C)c1nnnn1C(C)Cc1ccc(F)cc1. The minimum atomic E-state index is -0.216. The Bertz CT molecular complexity index is 551. The van der Waals surface area contributed by atoms with Crippen molar-refractivity contribution in [2.45, 2.75) is 45.7 Å². The fourth-order valence-electron chi connectivity index (χ4n) is 2.30. The zero-order chi connectivity index (χ0) is 15.2. The van der Waals surface area contributed by atoms with Crippen molar-refractivity contribution in [2.75, 3.05) is 6.54 Å². The van der Waals surface area contributed by atoms with Gasteiger partial charge >= 0.3 is 0 Å². The summed E-state index contributed by atoms with van der Waals surface area (Å²) in [4.78, 5) is 0. The maximum Gasteiger partial charge on any atom is 0.168 e. The number of tetrazole rings is 1. The second-order valence-electron chi connectivity index (χ2n) is 5.34. The Balaban J connectivity index is 2.07. The highest BCUT2D eigenvalue weighted by Crippen LogP contribution is 2.17. The van der Waals surface area contributed by atoms with Gasteiger partial charge in [0.05, 0.1) is 12.1 Å². The predicted molar refractivity (Wildman–Crippen MR) is 79.3 cm³/mol. The van der Waals surface area contributed by atoms with E-state index in [0.717, 1.165) is 30.8 Å². The van der Waals surface area contributed by atoms with E-state index in [4.69, 9.17) is 0 Å². The first-order valence-electron chi connectivity index (χ1n) is 7.37. The van der Waals surface area contributed by atoms with E-state index in [-0.39, 0.29) is 17.9 Å². The van der Waals surface area contributed by atoms with Crippen LogP contribution in [0.5, 0.6) is 0 Å². The molecule has 1 aromatic carbocycles. The fourth-order valence-corrected chi connectivity index (χ4v) is 2.30. The van der Waals surface area contributed by atoms with Crippen LogP contribution in [0.2, 0.25) is 0 Å². The summed E-state index contributed by atoms with van der Waals surface area (Å²) in [6.07, 6.45) is 1.83. The van der Waals surface area contributed by atoms with Crippen LogP contribution >= 0.6 is 0 Å². The monoisotopic (exact) mass is 291 g/mol. The van der Waals surface area contributed by atoms with E-state index in [1.54, 1.807) is 12.1 Å². The summed E-state index contributed by atoms with van der Waals surface area (Å²) >= 11 is 0. The highest BCUT2D eigenvalue weighted by Gasteiger charge is 2.18. The summed E-state index contributed by atoms with van der Waals surface area (Å²) in [5.41, 5.74) is 1.07. The molecule has 2 rings (SSSR count). The molecule has 0 amide bonds. The maximum absolute atomic E-state index is 12.9. The van der Waals surface area contributed by atoms with E-state index in [1.807, 2.05) is 4.68 Å². The minimum absolute atomic E-state index is 0.107. The number of rotatable bonds is 7. The van der Waals surface area contributed by atoms with Crippen molar-refractivity contribution in [3.05, 3.63) is 41.5 Å². The van der Waals surface area contributed by atoms with Gasteiger partial charge in [-0.05, 0) is 61.4 Å². The third-order valence-corrected chi connectivity index (χ3v) is 3.47. The molecule has 2 aromatic rings. The molecule has 0 aliphatic heterocycles. The molecule has 0 fully saturated rings. The summed E-state index contributed by atoms with van der Waals surface area (Å²) < 4.78 is 14.8. The Morgan fingerprint density at radius 1 is 1.24 bits per heavy atom. The third-order valence-electron chi connectivity index (χ3n) is 3.47. The molecule has 0 spiro atoms. The molecular weight excluding hydrogens is 269 g/mol. The zero-order valence-corrected chi connectivity index (χ0v) is 12.8. The molecule has 5 nitrogen and oxygen atoms in total. The first-order chi connectivity index (χ1) is 10.1. The lowest BCUT2D eigenvalue weighted by molar-refractivity contribution is 0.425. The Hall–Kier alpha value is -1.82. The van der Waals surface area contributed by atoms with E-state index in [0.29, 0.717) is 0 Å². The van der Waals surface area contributed by atoms with Crippen molar-refractivity contribution < 1.29 is 4.39 Å². The first-order valence-corrected chi connectivity index (χ1v) is 7.37. The van der Waals surface area contributed by atoms with Crippen molar-refractivity contribution in [1.82, 2.24) is 25.5 Å². The Kier molecular flexibility index (Phi) is 5.38. The Labute approximate surface area is 124 Å². The smallest absolute Gasteiger partial charge is 0.168 e. The molecule has 6 heteroatoms. The second kappa shape index (κ2) is 7.26. The maximum atomic E-state index is 12.9. The van der Waals surface area contributed by atoms with E-state index in [9.17, 15) is 4.39 Å². The lowest BCUT2D eigenvalue weighted by atomic mass is 10.1. The van der Waals surface area contributed by atoms with Gasteiger partial charge in [0.1, 0.15) is 5.82 Å². The molecule has 1 N–H and O–H groups in total. The van der Waals surface area contributed by atoms with Crippen LogP contribution in [0.4, 0.5) is 4.39 Å². The predicted octanol–water partition coefficient (Wildman–Crippen LogP) is 2.68. The normalized spacial score (nSPS) is 14.1. The molecule has 21 heavy (non-hydrogen) atoms. The van der Waals surface area contributed by atoms with Crippen molar-refractivity contribution in [3.63, 3.8) is 0 Å². The molecular formula is C15H22FN5. The average Bonchev–Trinajstić information content (AvgIpc) is 2.96. The van der Waals surface area contributed by atoms with Crippen LogP contribution in [0.25, 0.3) is 0 Å². The van der Waals surface area contributed by atoms with E-state index in [1.165, 1.54) is 12.1 Å². The molecule has 0 aliphatic carbocycles. The molecule has 0 radical (unpaired) electrons. The Morgan fingerprint density at radius 2 is 1.95 bits per heavy atom. The van der Waals surface area contributed by atoms with Gasteiger partial charge < -0.3 is 5.32 Å². The number of hydrogen-bond donors (Lipinski definition) is 1. The van der Waals surface area contributed by atoms with Crippen LogP contribution in [-0.2, 0) is 6.42 Å². The average molecular weight is 291 g/mol.